The Labute approximate surface area is 78.3 Å². The van der Waals surface area contributed by atoms with Crippen LogP contribution >= 0.6 is 0 Å². The average Bonchev–Trinajstić information content (AvgIpc) is 2.19. The van der Waals surface area contributed by atoms with E-state index >= 15 is 0 Å². The van der Waals surface area contributed by atoms with E-state index < -0.39 is 0 Å². The number of carbonyl (C=O) groups is 1. The third-order valence-electron chi connectivity index (χ3n) is 1.81. The van der Waals surface area contributed by atoms with Crippen LogP contribution in [-0.4, -0.2) is 10.8 Å². The summed E-state index contributed by atoms with van der Waals surface area (Å²) in [5.41, 5.74) is 0.749. The van der Waals surface area contributed by atoms with Crippen molar-refractivity contribution < 1.29 is 4.79 Å². The second-order valence-corrected chi connectivity index (χ2v) is 2.84. The number of rotatable bonds is 5. The molecule has 1 rings (SSSR count). The molecule has 68 valence electrons. The monoisotopic (exact) mass is 175 g/mol. The van der Waals surface area contributed by atoms with Crippen molar-refractivity contribution >= 4 is 5.78 Å². The van der Waals surface area contributed by atoms with Crippen molar-refractivity contribution in [1.82, 2.24) is 4.98 Å². The zero-order chi connectivity index (χ0) is 9.52. The van der Waals surface area contributed by atoms with E-state index in [0.29, 0.717) is 6.42 Å². The zero-order valence-electron chi connectivity index (χ0n) is 7.57. The summed E-state index contributed by atoms with van der Waals surface area (Å²) < 4.78 is 0. The van der Waals surface area contributed by atoms with Crippen LogP contribution in [0.25, 0.3) is 0 Å². The molecule has 0 amide bonds. The lowest BCUT2D eigenvalue weighted by Crippen LogP contribution is -1.98. The average molecular weight is 175 g/mol. The number of allylic oxidation sites excluding steroid dienone is 1. The van der Waals surface area contributed by atoms with Gasteiger partial charge in [-0.3, -0.25) is 9.78 Å². The molecule has 0 atom stereocenters. The van der Waals surface area contributed by atoms with Crippen molar-refractivity contribution in [1.29, 1.82) is 0 Å². The minimum Gasteiger partial charge on any atom is -0.294 e. The van der Waals surface area contributed by atoms with Gasteiger partial charge in [0.25, 0.3) is 0 Å². The molecule has 0 aliphatic rings. The smallest absolute Gasteiger partial charge is 0.162 e. The highest BCUT2D eigenvalue weighted by atomic mass is 16.1. The molecule has 2 nitrogen and oxygen atoms in total. The number of Topliss-reactive ketones (excluding diaryl/α,β-unsaturated/α-hetero) is 1. The molecule has 0 saturated heterocycles. The molecule has 0 aromatic carbocycles. The Hall–Kier alpha value is -1.44. The standard InChI is InChI=1S/C11H13NO/c1-2-3-4-5-11(13)10-6-8-12-9-7-10/h2,6-9H,1,3-5H2. The minimum absolute atomic E-state index is 0.184. The highest BCUT2D eigenvalue weighted by Gasteiger charge is 2.02. The number of unbranched alkanes of at least 4 members (excludes halogenated alkanes) is 1. The van der Waals surface area contributed by atoms with Crippen LogP contribution in [0.5, 0.6) is 0 Å². The number of aromatic nitrogens is 1. The number of nitrogens with zero attached hydrogens (tertiary/aromatic N) is 1. The van der Waals surface area contributed by atoms with Gasteiger partial charge >= 0.3 is 0 Å². The van der Waals surface area contributed by atoms with Crippen LogP contribution in [0.2, 0.25) is 0 Å². The summed E-state index contributed by atoms with van der Waals surface area (Å²) in [5.74, 6) is 0.184. The normalized spacial score (nSPS) is 9.54. The molecule has 0 aliphatic carbocycles. The lowest BCUT2D eigenvalue weighted by atomic mass is 10.1. The third-order valence-corrected chi connectivity index (χ3v) is 1.81. The van der Waals surface area contributed by atoms with Gasteiger partial charge in [-0.1, -0.05) is 6.08 Å². The molecule has 0 radical (unpaired) electrons. The summed E-state index contributed by atoms with van der Waals surface area (Å²) in [4.78, 5) is 15.3. The maximum Gasteiger partial charge on any atom is 0.162 e. The van der Waals surface area contributed by atoms with Crippen molar-refractivity contribution in [3.63, 3.8) is 0 Å². The summed E-state index contributed by atoms with van der Waals surface area (Å²) in [6, 6.07) is 3.49. The van der Waals surface area contributed by atoms with Crippen LogP contribution < -0.4 is 0 Å². The predicted octanol–water partition coefficient (Wildman–Crippen LogP) is 2.62. The number of pyridine rings is 1. The van der Waals surface area contributed by atoms with E-state index in [2.05, 4.69) is 11.6 Å². The molecule has 13 heavy (non-hydrogen) atoms. The van der Waals surface area contributed by atoms with E-state index in [1.54, 1.807) is 24.5 Å². The van der Waals surface area contributed by atoms with E-state index in [-0.39, 0.29) is 5.78 Å². The van der Waals surface area contributed by atoms with E-state index in [4.69, 9.17) is 0 Å². The molecule has 2 heteroatoms. The van der Waals surface area contributed by atoms with Crippen molar-refractivity contribution in [3.05, 3.63) is 42.7 Å². The van der Waals surface area contributed by atoms with Gasteiger partial charge in [0.1, 0.15) is 0 Å². The second kappa shape index (κ2) is 5.25. The third kappa shape index (κ3) is 3.20. The molecular weight excluding hydrogens is 162 g/mol. The Morgan fingerprint density at radius 2 is 2.15 bits per heavy atom. The van der Waals surface area contributed by atoms with Gasteiger partial charge in [-0.25, -0.2) is 0 Å². The van der Waals surface area contributed by atoms with Gasteiger partial charge in [-0.15, -0.1) is 6.58 Å². The number of hydrogen-bond donors (Lipinski definition) is 0. The van der Waals surface area contributed by atoms with Crippen LogP contribution in [0.1, 0.15) is 29.6 Å². The van der Waals surface area contributed by atoms with Crippen molar-refractivity contribution in [2.45, 2.75) is 19.3 Å². The van der Waals surface area contributed by atoms with Gasteiger partial charge in [0.2, 0.25) is 0 Å². The molecule has 0 fully saturated rings. The van der Waals surface area contributed by atoms with Gasteiger partial charge in [-0.2, -0.15) is 0 Å². The summed E-state index contributed by atoms with van der Waals surface area (Å²) in [5, 5.41) is 0. The molecule has 0 aliphatic heterocycles. The summed E-state index contributed by atoms with van der Waals surface area (Å²) in [6.07, 6.45) is 7.48. The molecule has 0 bridgehead atoms. The van der Waals surface area contributed by atoms with Gasteiger partial charge in [-0.05, 0) is 25.0 Å². The minimum atomic E-state index is 0.184. The molecular formula is C11H13NO. The van der Waals surface area contributed by atoms with Crippen molar-refractivity contribution in [2.24, 2.45) is 0 Å². The molecule has 1 aromatic rings. The number of carbonyl (C=O) groups excluding carboxylic acids is 1. The first-order valence-corrected chi connectivity index (χ1v) is 4.38. The Balaban J connectivity index is 2.45. The van der Waals surface area contributed by atoms with Crippen molar-refractivity contribution in [2.75, 3.05) is 0 Å². The molecule has 1 heterocycles. The highest BCUT2D eigenvalue weighted by Crippen LogP contribution is 2.05. The fraction of sp³-hybridized carbons (Fsp3) is 0.273. The molecule has 0 N–H and O–H groups in total. The fourth-order valence-corrected chi connectivity index (χ4v) is 1.09. The Morgan fingerprint density at radius 1 is 1.46 bits per heavy atom. The largest absolute Gasteiger partial charge is 0.294 e. The first-order chi connectivity index (χ1) is 6.34. The molecule has 0 spiro atoms. The quantitative estimate of drug-likeness (QED) is 0.391. The van der Waals surface area contributed by atoms with Crippen LogP contribution in [0.4, 0.5) is 0 Å². The van der Waals surface area contributed by atoms with E-state index in [9.17, 15) is 4.79 Å². The summed E-state index contributed by atoms with van der Waals surface area (Å²) in [7, 11) is 0. The van der Waals surface area contributed by atoms with Crippen LogP contribution in [0.15, 0.2) is 37.2 Å². The van der Waals surface area contributed by atoms with Gasteiger partial charge < -0.3 is 0 Å². The molecule has 0 saturated carbocycles. The number of ketones is 1. The first kappa shape index (κ1) is 9.65. The second-order valence-electron chi connectivity index (χ2n) is 2.84. The van der Waals surface area contributed by atoms with Crippen molar-refractivity contribution in [3.8, 4) is 0 Å². The van der Waals surface area contributed by atoms with E-state index in [1.807, 2.05) is 6.08 Å². The van der Waals surface area contributed by atoms with E-state index in [0.717, 1.165) is 18.4 Å². The van der Waals surface area contributed by atoms with Gasteiger partial charge in [0.15, 0.2) is 5.78 Å². The highest BCUT2D eigenvalue weighted by molar-refractivity contribution is 5.95. The Kier molecular flexibility index (Phi) is 3.89. The maximum absolute atomic E-state index is 11.5. The Bertz CT molecular complexity index is 279. The van der Waals surface area contributed by atoms with E-state index in [1.165, 1.54) is 0 Å². The zero-order valence-corrected chi connectivity index (χ0v) is 7.57. The molecule has 0 unspecified atom stereocenters. The van der Waals surface area contributed by atoms with Gasteiger partial charge in [0.05, 0.1) is 0 Å². The van der Waals surface area contributed by atoms with Gasteiger partial charge in [0, 0.05) is 24.4 Å². The maximum atomic E-state index is 11.5. The fourth-order valence-electron chi connectivity index (χ4n) is 1.09. The Morgan fingerprint density at radius 3 is 2.77 bits per heavy atom. The summed E-state index contributed by atoms with van der Waals surface area (Å²) in [6.45, 7) is 3.61. The van der Waals surface area contributed by atoms with Crippen LogP contribution in [-0.2, 0) is 0 Å². The lowest BCUT2D eigenvalue weighted by Gasteiger charge is -1.97. The topological polar surface area (TPSA) is 30.0 Å². The first-order valence-electron chi connectivity index (χ1n) is 4.38. The lowest BCUT2D eigenvalue weighted by molar-refractivity contribution is 0.0980. The van der Waals surface area contributed by atoms with Crippen LogP contribution in [0.3, 0.4) is 0 Å². The predicted molar refractivity (Wildman–Crippen MR) is 52.6 cm³/mol. The number of hydrogen-bond acceptors (Lipinski definition) is 2. The SMILES string of the molecule is C=CCCCC(=O)c1ccncc1. The summed E-state index contributed by atoms with van der Waals surface area (Å²) >= 11 is 0. The van der Waals surface area contributed by atoms with Crippen LogP contribution in [0, 0.1) is 0 Å². The molecule has 1 aromatic heterocycles.